The number of nitrogens with one attached hydrogen (secondary N) is 1. The van der Waals surface area contributed by atoms with Crippen LogP contribution in [-0.4, -0.2) is 31.3 Å². The summed E-state index contributed by atoms with van der Waals surface area (Å²) in [4.78, 5) is 0. The zero-order valence-corrected chi connectivity index (χ0v) is 12.3. The Kier molecular flexibility index (Phi) is 3.11. The summed E-state index contributed by atoms with van der Waals surface area (Å²) in [7, 11) is 2.08. The van der Waals surface area contributed by atoms with Crippen molar-refractivity contribution in [3.63, 3.8) is 0 Å². The minimum Gasteiger partial charge on any atom is -0.486 e. The average molecular weight is 290 g/mol. The standard InChI is InChI=1S/C17H15BN2O2/c18-13-3-1-2-11(8-13)14-10-15(20-19-14)12-4-5-16-17(9-12)22-7-6-21-16/h1-5,8-10H,6-7,18H2,(H,19,20). The van der Waals surface area contributed by atoms with Crippen LogP contribution in [0.3, 0.4) is 0 Å². The Morgan fingerprint density at radius 1 is 0.909 bits per heavy atom. The van der Waals surface area contributed by atoms with E-state index in [1.165, 1.54) is 5.46 Å². The third-order valence-electron chi connectivity index (χ3n) is 3.74. The minimum absolute atomic E-state index is 0.589. The fourth-order valence-electron chi connectivity index (χ4n) is 2.63. The Morgan fingerprint density at radius 2 is 1.77 bits per heavy atom. The molecular formula is C17H15BN2O2. The predicted octanol–water partition coefficient (Wildman–Crippen LogP) is 1.77. The second kappa shape index (κ2) is 5.26. The molecule has 0 unspecified atom stereocenters. The van der Waals surface area contributed by atoms with E-state index in [2.05, 4.69) is 48.4 Å². The molecule has 1 N–H and O–H groups in total. The SMILES string of the molecule is Bc1cccc(-c2cc(-c3ccc4c(c3)OCCO4)n[nH]2)c1. The maximum absolute atomic E-state index is 5.63. The van der Waals surface area contributed by atoms with Crippen LogP contribution in [0.2, 0.25) is 0 Å². The fourth-order valence-corrected chi connectivity index (χ4v) is 2.63. The molecule has 2 aromatic carbocycles. The molecule has 0 saturated heterocycles. The molecule has 4 rings (SSSR count). The highest BCUT2D eigenvalue weighted by Crippen LogP contribution is 2.34. The highest BCUT2D eigenvalue weighted by Gasteiger charge is 2.14. The quantitative estimate of drug-likeness (QED) is 0.732. The first kappa shape index (κ1) is 13.0. The lowest BCUT2D eigenvalue weighted by molar-refractivity contribution is 0.171. The maximum Gasteiger partial charge on any atom is 0.162 e. The summed E-state index contributed by atoms with van der Waals surface area (Å²) in [6.07, 6.45) is 0. The highest BCUT2D eigenvalue weighted by molar-refractivity contribution is 6.32. The summed E-state index contributed by atoms with van der Waals surface area (Å²) < 4.78 is 11.2. The first-order chi connectivity index (χ1) is 10.8. The van der Waals surface area contributed by atoms with Crippen LogP contribution in [0.4, 0.5) is 0 Å². The van der Waals surface area contributed by atoms with Crippen molar-refractivity contribution in [3.05, 3.63) is 48.5 Å². The van der Waals surface area contributed by atoms with Gasteiger partial charge < -0.3 is 9.47 Å². The molecule has 0 saturated carbocycles. The van der Waals surface area contributed by atoms with Crippen molar-refractivity contribution in [2.24, 2.45) is 0 Å². The molecule has 1 aliphatic rings. The van der Waals surface area contributed by atoms with Crippen molar-refractivity contribution >= 4 is 13.3 Å². The van der Waals surface area contributed by atoms with Gasteiger partial charge in [-0.3, -0.25) is 5.10 Å². The Bertz CT molecular complexity index is 829. The van der Waals surface area contributed by atoms with Crippen LogP contribution in [0.5, 0.6) is 11.5 Å². The lowest BCUT2D eigenvalue weighted by Crippen LogP contribution is -2.15. The number of H-pyrrole nitrogens is 1. The Balaban J connectivity index is 1.69. The second-order valence-corrected chi connectivity index (χ2v) is 5.39. The fraction of sp³-hybridized carbons (Fsp3) is 0.118. The highest BCUT2D eigenvalue weighted by atomic mass is 16.6. The van der Waals surface area contributed by atoms with Crippen LogP contribution in [-0.2, 0) is 0 Å². The monoisotopic (exact) mass is 290 g/mol. The van der Waals surface area contributed by atoms with Crippen LogP contribution < -0.4 is 14.9 Å². The molecule has 0 aliphatic carbocycles. The van der Waals surface area contributed by atoms with Crippen molar-refractivity contribution in [2.45, 2.75) is 0 Å². The van der Waals surface area contributed by atoms with E-state index in [0.717, 1.165) is 34.0 Å². The number of fused-ring (bicyclic) bond motifs is 1. The van der Waals surface area contributed by atoms with Gasteiger partial charge in [0.2, 0.25) is 0 Å². The zero-order chi connectivity index (χ0) is 14.9. The number of benzene rings is 2. The zero-order valence-electron chi connectivity index (χ0n) is 12.3. The minimum atomic E-state index is 0.589. The van der Waals surface area contributed by atoms with E-state index >= 15 is 0 Å². The van der Waals surface area contributed by atoms with Gasteiger partial charge in [-0.15, -0.1) is 0 Å². The van der Waals surface area contributed by atoms with Crippen molar-refractivity contribution in [2.75, 3.05) is 13.2 Å². The van der Waals surface area contributed by atoms with E-state index in [1.54, 1.807) is 0 Å². The van der Waals surface area contributed by atoms with Gasteiger partial charge in [0.05, 0.1) is 11.4 Å². The molecule has 0 bridgehead atoms. The van der Waals surface area contributed by atoms with Gasteiger partial charge in [-0.2, -0.15) is 5.10 Å². The summed E-state index contributed by atoms with van der Waals surface area (Å²) in [5.41, 5.74) is 5.28. The van der Waals surface area contributed by atoms with Crippen LogP contribution in [0.25, 0.3) is 22.5 Å². The summed E-state index contributed by atoms with van der Waals surface area (Å²) in [6.45, 7) is 1.19. The summed E-state index contributed by atoms with van der Waals surface area (Å²) in [6, 6.07) is 16.3. The molecule has 4 nitrogen and oxygen atoms in total. The second-order valence-electron chi connectivity index (χ2n) is 5.39. The van der Waals surface area contributed by atoms with Crippen molar-refractivity contribution in [1.82, 2.24) is 10.2 Å². The van der Waals surface area contributed by atoms with Gasteiger partial charge in [-0.25, -0.2) is 0 Å². The van der Waals surface area contributed by atoms with E-state index in [-0.39, 0.29) is 0 Å². The van der Waals surface area contributed by atoms with E-state index in [1.807, 2.05) is 18.2 Å². The van der Waals surface area contributed by atoms with Crippen LogP contribution in [0, 0.1) is 0 Å². The Labute approximate surface area is 129 Å². The summed E-state index contributed by atoms with van der Waals surface area (Å²) in [5.74, 6) is 1.58. The predicted molar refractivity (Wildman–Crippen MR) is 88.6 cm³/mol. The van der Waals surface area contributed by atoms with Gasteiger partial charge in [0, 0.05) is 5.56 Å². The lowest BCUT2D eigenvalue weighted by Gasteiger charge is -2.18. The topological polar surface area (TPSA) is 47.1 Å². The van der Waals surface area contributed by atoms with Crippen LogP contribution in [0.1, 0.15) is 0 Å². The van der Waals surface area contributed by atoms with Gasteiger partial charge in [0.1, 0.15) is 21.1 Å². The van der Waals surface area contributed by atoms with E-state index in [9.17, 15) is 0 Å². The van der Waals surface area contributed by atoms with Gasteiger partial charge >= 0.3 is 0 Å². The van der Waals surface area contributed by atoms with E-state index in [0.29, 0.717) is 13.2 Å². The third-order valence-corrected chi connectivity index (χ3v) is 3.74. The summed E-state index contributed by atoms with van der Waals surface area (Å²) >= 11 is 0. The van der Waals surface area contributed by atoms with Gasteiger partial charge in [0.25, 0.3) is 0 Å². The Hall–Kier alpha value is -2.69. The molecule has 0 spiro atoms. The van der Waals surface area contributed by atoms with E-state index in [4.69, 9.17) is 9.47 Å². The van der Waals surface area contributed by atoms with Crippen molar-refractivity contribution in [3.8, 4) is 34.0 Å². The largest absolute Gasteiger partial charge is 0.486 e. The number of ether oxygens (including phenoxy) is 2. The number of hydrogen-bond donors (Lipinski definition) is 1. The molecule has 0 fully saturated rings. The number of aromatic amines is 1. The van der Waals surface area contributed by atoms with E-state index < -0.39 is 0 Å². The first-order valence-corrected chi connectivity index (χ1v) is 7.32. The molecule has 0 amide bonds. The normalized spacial score (nSPS) is 13.1. The van der Waals surface area contributed by atoms with Crippen molar-refractivity contribution in [1.29, 1.82) is 0 Å². The molecule has 108 valence electrons. The number of hydrogen-bond acceptors (Lipinski definition) is 3. The number of nitrogens with zero attached hydrogens (tertiary/aromatic N) is 1. The smallest absolute Gasteiger partial charge is 0.162 e. The molecular weight excluding hydrogens is 275 g/mol. The Morgan fingerprint density at radius 3 is 2.64 bits per heavy atom. The molecule has 1 aliphatic heterocycles. The molecule has 5 heteroatoms. The summed E-state index contributed by atoms with van der Waals surface area (Å²) in [5, 5.41) is 7.53. The lowest BCUT2D eigenvalue weighted by atomic mass is 9.94. The van der Waals surface area contributed by atoms with Crippen LogP contribution >= 0.6 is 0 Å². The maximum atomic E-state index is 5.63. The molecule has 0 atom stereocenters. The van der Waals surface area contributed by atoms with Crippen molar-refractivity contribution < 1.29 is 9.47 Å². The average Bonchev–Trinajstić information content (AvgIpc) is 3.04. The number of rotatable bonds is 2. The molecule has 0 radical (unpaired) electrons. The van der Waals surface area contributed by atoms with Gasteiger partial charge in [-0.05, 0) is 29.8 Å². The molecule has 3 aromatic rings. The third kappa shape index (κ3) is 2.35. The first-order valence-electron chi connectivity index (χ1n) is 7.32. The number of aromatic nitrogens is 2. The van der Waals surface area contributed by atoms with Gasteiger partial charge in [-0.1, -0.05) is 29.7 Å². The molecule has 22 heavy (non-hydrogen) atoms. The van der Waals surface area contributed by atoms with Gasteiger partial charge in [0.15, 0.2) is 11.5 Å². The molecule has 1 aromatic heterocycles. The molecule has 2 heterocycles. The van der Waals surface area contributed by atoms with Crippen LogP contribution in [0.15, 0.2) is 48.5 Å².